The molecule has 1 heteroatoms. The number of hydrogen-bond donors (Lipinski definition) is 0. The summed E-state index contributed by atoms with van der Waals surface area (Å²) in [6, 6.07) is 62.6. The van der Waals surface area contributed by atoms with E-state index in [1.165, 1.54) is 128 Å². The van der Waals surface area contributed by atoms with E-state index in [9.17, 15) is 0 Å². The van der Waals surface area contributed by atoms with Crippen LogP contribution < -0.4 is 0 Å². The van der Waals surface area contributed by atoms with Crippen LogP contribution in [0.3, 0.4) is 0 Å². The Labute approximate surface area is 339 Å². The summed E-state index contributed by atoms with van der Waals surface area (Å²) in [5.41, 5.74) is 9.82. The van der Waals surface area contributed by atoms with Crippen molar-refractivity contribution in [3.05, 3.63) is 169 Å². The molecule has 10 aromatic rings. The van der Waals surface area contributed by atoms with Crippen molar-refractivity contribution in [2.75, 3.05) is 0 Å². The first-order valence-electron chi connectivity index (χ1n) is 21.2. The molecule has 0 spiro atoms. The Morgan fingerprint density at radius 1 is 0.351 bits per heavy atom. The summed E-state index contributed by atoms with van der Waals surface area (Å²) in [5.74, 6) is 4.28. The molecule has 0 amide bonds. The van der Waals surface area contributed by atoms with Crippen LogP contribution in [0.15, 0.2) is 164 Å². The second-order valence-corrected chi connectivity index (χ2v) is 19.7. The second kappa shape index (κ2) is 12.5. The molecule has 0 radical (unpaired) electrons. The van der Waals surface area contributed by atoms with Crippen molar-refractivity contribution in [3.8, 4) is 33.4 Å². The van der Waals surface area contributed by atoms with Gasteiger partial charge in [-0.25, -0.2) is 0 Å². The summed E-state index contributed by atoms with van der Waals surface area (Å²) in [6.45, 7) is 0. The van der Waals surface area contributed by atoms with Gasteiger partial charge in [-0.05, 0) is 0 Å². The summed E-state index contributed by atoms with van der Waals surface area (Å²) in [5, 5.41) is 14.0. The quantitative estimate of drug-likeness (QED) is 0.123. The Morgan fingerprint density at radius 2 is 0.789 bits per heavy atom. The molecular weight excluding hydrogens is 752 g/mol. The van der Waals surface area contributed by atoms with Gasteiger partial charge < -0.3 is 0 Å². The molecule has 4 saturated carbocycles. The Kier molecular flexibility index (Phi) is 7.16. The van der Waals surface area contributed by atoms with Gasteiger partial charge in [0.2, 0.25) is 0 Å². The molecule has 4 bridgehead atoms. The number of fused-ring (bicyclic) bond motifs is 7. The fourth-order valence-corrected chi connectivity index (χ4v) is 15.4. The molecule has 4 fully saturated rings. The molecule has 0 aliphatic heterocycles. The third kappa shape index (κ3) is 4.74. The molecule has 4 aliphatic rings. The minimum atomic E-state index is 0.156. The predicted octanol–water partition coefficient (Wildman–Crippen LogP) is 15.2. The van der Waals surface area contributed by atoms with E-state index in [4.69, 9.17) is 0 Å². The van der Waals surface area contributed by atoms with Crippen LogP contribution in [0.1, 0.15) is 43.6 Å². The van der Waals surface area contributed by atoms with Crippen LogP contribution in [0.25, 0.3) is 95.8 Å². The number of benzene rings is 9. The molecule has 9 aromatic carbocycles. The van der Waals surface area contributed by atoms with Gasteiger partial charge in [-0.1, -0.05) is 0 Å². The Bertz CT molecular complexity index is 3110. The molecule has 0 saturated heterocycles. The number of rotatable bonds is 4. The molecule has 57 heavy (non-hydrogen) atoms. The molecular formula is C56H42Se. The molecule has 272 valence electrons. The third-order valence-corrected chi connectivity index (χ3v) is 17.1. The van der Waals surface area contributed by atoms with Gasteiger partial charge in [0, 0.05) is 0 Å². The first kappa shape index (κ1) is 32.6. The van der Waals surface area contributed by atoms with E-state index in [0.717, 1.165) is 23.7 Å². The second-order valence-electron chi connectivity index (χ2n) is 17.5. The Hall–Kier alpha value is -5.46. The average Bonchev–Trinajstić information content (AvgIpc) is 3.65. The summed E-state index contributed by atoms with van der Waals surface area (Å²) >= 11 is 0.156. The monoisotopic (exact) mass is 794 g/mol. The van der Waals surface area contributed by atoms with Gasteiger partial charge in [0.05, 0.1) is 0 Å². The maximum absolute atomic E-state index is 2.47. The topological polar surface area (TPSA) is 0 Å². The zero-order valence-corrected chi connectivity index (χ0v) is 33.6. The van der Waals surface area contributed by atoms with Crippen molar-refractivity contribution in [2.24, 2.45) is 23.7 Å². The minimum absolute atomic E-state index is 0.156. The van der Waals surface area contributed by atoms with E-state index in [1.54, 1.807) is 5.56 Å². The van der Waals surface area contributed by atoms with Crippen LogP contribution in [0.4, 0.5) is 0 Å². The van der Waals surface area contributed by atoms with Crippen LogP contribution >= 0.6 is 0 Å². The van der Waals surface area contributed by atoms with Crippen molar-refractivity contribution >= 4 is 76.9 Å². The van der Waals surface area contributed by atoms with E-state index >= 15 is 0 Å². The average molecular weight is 794 g/mol. The maximum atomic E-state index is 2.47. The van der Waals surface area contributed by atoms with Crippen molar-refractivity contribution in [3.63, 3.8) is 0 Å². The normalized spacial score (nSPS) is 21.5. The van der Waals surface area contributed by atoms with Gasteiger partial charge in [0.1, 0.15) is 0 Å². The van der Waals surface area contributed by atoms with Crippen LogP contribution in [0.5, 0.6) is 0 Å². The van der Waals surface area contributed by atoms with E-state index in [0.29, 0.717) is 5.92 Å². The van der Waals surface area contributed by atoms with E-state index in [-0.39, 0.29) is 14.5 Å². The third-order valence-electron chi connectivity index (χ3n) is 14.6. The molecule has 0 N–H and O–H groups in total. The van der Waals surface area contributed by atoms with Gasteiger partial charge in [-0.3, -0.25) is 0 Å². The van der Waals surface area contributed by atoms with Gasteiger partial charge in [-0.2, -0.15) is 0 Å². The van der Waals surface area contributed by atoms with E-state index < -0.39 is 0 Å². The van der Waals surface area contributed by atoms with Gasteiger partial charge >= 0.3 is 341 Å². The molecule has 1 heterocycles. The van der Waals surface area contributed by atoms with Crippen LogP contribution in [-0.2, 0) is 0 Å². The van der Waals surface area contributed by atoms with Crippen molar-refractivity contribution in [1.82, 2.24) is 0 Å². The summed E-state index contributed by atoms with van der Waals surface area (Å²) in [7, 11) is 0. The SMILES string of the molecule is c1ccc(-c2c3ccccc3c(-c3cccc4c3[se]c3cccc(-c5c6ccccc6c(C6C7CC8CC(C7)CC6C8)c6ccccc56)c34)c3ccccc23)cc1. The van der Waals surface area contributed by atoms with Gasteiger partial charge in [0.25, 0.3) is 0 Å². The zero-order chi connectivity index (χ0) is 37.2. The fraction of sp³-hybridized carbons (Fsp3) is 0.179. The molecule has 0 atom stereocenters. The molecule has 0 unspecified atom stereocenters. The summed E-state index contributed by atoms with van der Waals surface area (Å²) in [6.07, 6.45) is 7.25. The Morgan fingerprint density at radius 3 is 1.37 bits per heavy atom. The summed E-state index contributed by atoms with van der Waals surface area (Å²) < 4.78 is 3.00. The molecule has 1 aromatic heterocycles. The zero-order valence-electron chi connectivity index (χ0n) is 31.9. The van der Waals surface area contributed by atoms with Crippen LogP contribution in [-0.4, -0.2) is 14.5 Å². The van der Waals surface area contributed by atoms with E-state index in [2.05, 4.69) is 164 Å². The van der Waals surface area contributed by atoms with E-state index in [1.807, 2.05) is 0 Å². The first-order valence-corrected chi connectivity index (χ1v) is 22.9. The molecule has 4 aliphatic carbocycles. The van der Waals surface area contributed by atoms with Crippen molar-refractivity contribution in [2.45, 2.75) is 38.0 Å². The molecule has 14 rings (SSSR count). The number of hydrogen-bond acceptors (Lipinski definition) is 0. The van der Waals surface area contributed by atoms with Crippen molar-refractivity contribution < 1.29 is 0 Å². The summed E-state index contributed by atoms with van der Waals surface area (Å²) in [4.78, 5) is 0. The first-order chi connectivity index (χ1) is 28.3. The fourth-order valence-electron chi connectivity index (χ4n) is 12.8. The molecule has 0 nitrogen and oxygen atoms in total. The van der Waals surface area contributed by atoms with Crippen LogP contribution in [0.2, 0.25) is 0 Å². The standard InChI is InChI=1S/C56H42Se/c1-2-14-35(15-3-1)51-38-16-4-6-18-40(38)53(41-19-7-5-17-39(41)51)47-25-12-26-48-54-46(24-13-27-49(54)57-56(47)48)52-42-20-8-10-22-44(42)55(45-23-11-9-21-43(45)52)50-36-29-33-28-34(31-36)32-37(50)30-33/h1-27,33-34,36-37,50H,28-32H2. The van der Waals surface area contributed by atoms with Gasteiger partial charge in [0.15, 0.2) is 0 Å². The van der Waals surface area contributed by atoms with Crippen molar-refractivity contribution in [1.29, 1.82) is 0 Å². The van der Waals surface area contributed by atoms with Crippen LogP contribution in [0, 0.1) is 23.7 Å². The predicted molar refractivity (Wildman–Crippen MR) is 245 cm³/mol. The van der Waals surface area contributed by atoms with Gasteiger partial charge in [-0.15, -0.1) is 0 Å². The Balaban J connectivity index is 1.09.